The number of ether oxygens (including phenoxy) is 3. The number of rotatable bonds is 14. The first-order valence-electron chi connectivity index (χ1n) is 18.2. The molecular weight excluding hydrogens is 760 g/mol. The number of imide groups is 1. The van der Waals surface area contributed by atoms with Crippen molar-refractivity contribution in [3.8, 4) is 17.2 Å². The second kappa shape index (κ2) is 16.8. The largest absolute Gasteiger partial charge is 0.507 e. The van der Waals surface area contributed by atoms with Crippen molar-refractivity contribution in [2.75, 3.05) is 33.9 Å². The van der Waals surface area contributed by atoms with E-state index in [1.807, 2.05) is 0 Å². The first-order chi connectivity index (χ1) is 27.7. The van der Waals surface area contributed by atoms with Crippen LogP contribution in [-0.2, 0) is 32.1 Å². The predicted octanol–water partition coefficient (Wildman–Crippen LogP) is -1.85. The highest BCUT2D eigenvalue weighted by Gasteiger charge is 2.57. The number of carbonyl (C=O) groups excluding carboxylic acids is 5. The lowest BCUT2D eigenvalue weighted by molar-refractivity contribution is -0.316. The predicted molar refractivity (Wildman–Crippen MR) is 202 cm³/mol. The van der Waals surface area contributed by atoms with E-state index >= 15 is 0 Å². The van der Waals surface area contributed by atoms with Gasteiger partial charge in [-0.25, -0.2) is 0 Å². The maximum Gasteiger partial charge on any atom is 0.253 e. The number of nitrogens with zero attached hydrogens (tertiary/aromatic N) is 2. The summed E-state index contributed by atoms with van der Waals surface area (Å²) in [6, 6.07) is 3.92. The molecular formula is C39H44N6O13. The Hall–Kier alpha value is -6.12. The molecule has 1 saturated heterocycles. The fraction of sp³-hybridized carbons (Fsp3) is 0.385. The number of fused-ring (bicyclic) bond motifs is 2. The molecule has 4 aliphatic rings. The Morgan fingerprint density at radius 3 is 2.48 bits per heavy atom. The van der Waals surface area contributed by atoms with Gasteiger partial charge in [0.1, 0.15) is 47.4 Å². The van der Waals surface area contributed by atoms with Crippen LogP contribution < -0.4 is 31.6 Å². The van der Waals surface area contributed by atoms with Crippen LogP contribution in [0, 0.1) is 5.92 Å². The molecule has 2 amide bonds. The van der Waals surface area contributed by atoms with Gasteiger partial charge in [0.15, 0.2) is 11.7 Å². The summed E-state index contributed by atoms with van der Waals surface area (Å²) in [5, 5.41) is 63.0. The molecule has 0 radical (unpaired) electrons. The topological polar surface area (TPSA) is 306 Å². The lowest BCUT2D eigenvalue weighted by Crippen LogP contribution is -2.68. The highest BCUT2D eigenvalue weighted by Crippen LogP contribution is 2.44. The standard InChI is InChI=1S/C39H44N6O13/c1-42-38(41)44-15-24-19(4-3-9-46)10-22-31(33(24)51)34(52)30-23(32(22)50)12-21(56-2)13-25(30)57-37-35(53)36(54)39(55,26(17-47)58-37)14-20(18-7-8-43-27(40)11-18)16-45-28(48)5-6-29(45)49/h5-7,9-13,20,26,35-37,43,47,51,53-55H,3-4,8,14-17,40H2,1-2H3,(H3,41,42,44)/t20-,26-,35-,36-,37-,39-/m1/s1. The van der Waals surface area contributed by atoms with Crippen LogP contribution in [0.3, 0.4) is 0 Å². The molecule has 11 N–H and O–H groups in total. The number of aliphatic imine (C=N–C) groups is 1. The van der Waals surface area contributed by atoms with E-state index in [4.69, 9.17) is 25.7 Å². The van der Waals surface area contributed by atoms with Crippen molar-refractivity contribution in [2.24, 2.45) is 22.4 Å². The fourth-order valence-corrected chi connectivity index (χ4v) is 7.60. The fourth-order valence-electron chi connectivity index (χ4n) is 7.60. The molecule has 1 fully saturated rings. The zero-order chi connectivity index (χ0) is 42.1. The summed E-state index contributed by atoms with van der Waals surface area (Å²) in [5.74, 6) is -4.30. The third-order valence-electron chi connectivity index (χ3n) is 10.7. The summed E-state index contributed by atoms with van der Waals surface area (Å²) in [7, 11) is 2.72. The van der Waals surface area contributed by atoms with Gasteiger partial charge in [0.2, 0.25) is 12.1 Å². The van der Waals surface area contributed by atoms with E-state index in [1.165, 1.54) is 38.4 Å². The molecule has 1 aliphatic carbocycles. The number of benzene rings is 2. The first-order valence-corrected chi connectivity index (χ1v) is 18.2. The number of phenols is 1. The zero-order valence-electron chi connectivity index (χ0n) is 31.5. The van der Waals surface area contributed by atoms with Gasteiger partial charge in [-0.2, -0.15) is 0 Å². The van der Waals surface area contributed by atoms with Gasteiger partial charge in [0, 0.05) is 73.9 Å². The molecule has 6 atom stereocenters. The van der Waals surface area contributed by atoms with Crippen molar-refractivity contribution in [3.05, 3.63) is 87.3 Å². The van der Waals surface area contributed by atoms with E-state index in [0.717, 1.165) is 17.1 Å². The minimum Gasteiger partial charge on any atom is -0.507 e. The number of phenolic OH excluding ortho intramolecular Hbond substituents is 1. The van der Waals surface area contributed by atoms with Crippen molar-refractivity contribution in [2.45, 2.75) is 56.0 Å². The number of aliphatic hydroxyl groups excluding tert-OH is 3. The number of guanidine groups is 1. The molecule has 19 nitrogen and oxygen atoms in total. The molecule has 3 heterocycles. The summed E-state index contributed by atoms with van der Waals surface area (Å²) in [5.41, 5.74) is 9.33. The third-order valence-corrected chi connectivity index (χ3v) is 10.7. The molecule has 19 heteroatoms. The van der Waals surface area contributed by atoms with E-state index in [2.05, 4.69) is 15.6 Å². The number of allylic oxidation sites excluding steroid dienone is 1. The van der Waals surface area contributed by atoms with Crippen LogP contribution in [0.4, 0.5) is 0 Å². The van der Waals surface area contributed by atoms with E-state index in [1.54, 1.807) is 6.08 Å². The van der Waals surface area contributed by atoms with E-state index < -0.39 is 78.3 Å². The molecule has 0 saturated carbocycles. The van der Waals surface area contributed by atoms with Crippen molar-refractivity contribution in [3.63, 3.8) is 0 Å². The van der Waals surface area contributed by atoms with Crippen molar-refractivity contribution < 1.29 is 63.7 Å². The Kier molecular flexibility index (Phi) is 12.0. The van der Waals surface area contributed by atoms with Gasteiger partial charge in [-0.1, -0.05) is 6.08 Å². The molecule has 2 aromatic rings. The Labute approximate surface area is 331 Å². The third kappa shape index (κ3) is 7.64. The number of aliphatic hydroxyl groups is 4. The van der Waals surface area contributed by atoms with Crippen LogP contribution in [-0.4, -0.2) is 130 Å². The van der Waals surface area contributed by atoms with Crippen LogP contribution in [0.1, 0.15) is 55.8 Å². The van der Waals surface area contributed by atoms with Crippen LogP contribution in [0.5, 0.6) is 17.2 Å². The van der Waals surface area contributed by atoms with Gasteiger partial charge >= 0.3 is 0 Å². The first kappa shape index (κ1) is 41.5. The number of ketones is 2. The minimum absolute atomic E-state index is 0.0184. The number of nitrogens with one attached hydrogen (secondary N) is 2. The van der Waals surface area contributed by atoms with Crippen LogP contribution >= 0.6 is 0 Å². The normalized spacial score (nSPS) is 24.7. The maximum absolute atomic E-state index is 14.4. The SMILES string of the molecule is CN=C(N)NCc1c(CCC=O)cc2c(c1O)C(=O)c1c(O[C@@H]3O[C@H](CO)[C@](O)(C[C@H](CN4C(=O)C=CC4=O)C4=CCNC(N)=C4)[C@H](O)[C@H]3O)cc(OC)cc1C2=O. The second-order valence-electron chi connectivity index (χ2n) is 14.1. The molecule has 3 aliphatic heterocycles. The average molecular weight is 805 g/mol. The molecule has 308 valence electrons. The van der Waals surface area contributed by atoms with E-state index in [0.29, 0.717) is 17.4 Å². The molecule has 0 spiro atoms. The lowest BCUT2D eigenvalue weighted by Gasteiger charge is -2.49. The number of amides is 2. The van der Waals surface area contributed by atoms with Gasteiger partial charge in [-0.15, -0.1) is 0 Å². The zero-order valence-corrected chi connectivity index (χ0v) is 31.5. The number of nitrogens with two attached hydrogens (primary N) is 2. The highest BCUT2D eigenvalue weighted by atomic mass is 16.7. The Morgan fingerprint density at radius 2 is 1.84 bits per heavy atom. The van der Waals surface area contributed by atoms with Crippen LogP contribution in [0.2, 0.25) is 0 Å². The number of aryl methyl sites for hydroxylation is 1. The monoisotopic (exact) mass is 804 g/mol. The lowest BCUT2D eigenvalue weighted by atomic mass is 9.75. The van der Waals surface area contributed by atoms with E-state index in [9.17, 15) is 49.5 Å². The van der Waals surface area contributed by atoms with Crippen molar-refractivity contribution in [1.29, 1.82) is 0 Å². The Balaban J connectivity index is 1.34. The molecule has 0 unspecified atom stereocenters. The second-order valence-corrected chi connectivity index (χ2v) is 14.1. The molecule has 0 aromatic heterocycles. The average Bonchev–Trinajstić information content (AvgIpc) is 3.53. The summed E-state index contributed by atoms with van der Waals surface area (Å²) in [4.78, 5) is 69.6. The summed E-state index contributed by atoms with van der Waals surface area (Å²) in [6.45, 7) is -1.05. The molecule has 58 heavy (non-hydrogen) atoms. The van der Waals surface area contributed by atoms with Gasteiger partial charge in [-0.3, -0.25) is 29.1 Å². The molecule has 0 bridgehead atoms. The quantitative estimate of drug-likeness (QED) is 0.0374. The van der Waals surface area contributed by atoms with Gasteiger partial charge in [-0.05, 0) is 42.2 Å². The van der Waals surface area contributed by atoms with Gasteiger partial charge < -0.3 is 66.6 Å². The van der Waals surface area contributed by atoms with Gasteiger partial charge in [0.25, 0.3) is 11.8 Å². The maximum atomic E-state index is 14.4. The van der Waals surface area contributed by atoms with Crippen LogP contribution in [0.15, 0.2) is 58.9 Å². The summed E-state index contributed by atoms with van der Waals surface area (Å²) in [6.07, 6.45) is -1.96. The number of dihydropyridines is 1. The van der Waals surface area contributed by atoms with Crippen molar-refractivity contribution >= 4 is 35.6 Å². The number of aldehydes is 1. The Bertz CT molecular complexity index is 2140. The number of carbonyl (C=O) groups is 5. The minimum atomic E-state index is -2.44. The smallest absolute Gasteiger partial charge is 0.253 e. The summed E-state index contributed by atoms with van der Waals surface area (Å²) >= 11 is 0. The summed E-state index contributed by atoms with van der Waals surface area (Å²) < 4.78 is 17.3. The number of hydrogen-bond donors (Lipinski definition) is 9. The van der Waals surface area contributed by atoms with Gasteiger partial charge in [0.05, 0.1) is 30.7 Å². The number of aromatic hydroxyl groups is 1. The van der Waals surface area contributed by atoms with Crippen LogP contribution in [0.25, 0.3) is 0 Å². The highest BCUT2D eigenvalue weighted by molar-refractivity contribution is 6.30. The van der Waals surface area contributed by atoms with E-state index in [-0.39, 0.29) is 83.6 Å². The molecule has 6 rings (SSSR count). The van der Waals surface area contributed by atoms with Crippen molar-refractivity contribution in [1.82, 2.24) is 15.5 Å². The number of methoxy groups -OCH3 is 1. The Morgan fingerprint density at radius 1 is 1.14 bits per heavy atom. The number of hydrogen-bond acceptors (Lipinski definition) is 16. The molecule has 2 aromatic carbocycles.